The van der Waals surface area contributed by atoms with Crippen molar-refractivity contribution in [3.63, 3.8) is 0 Å². The van der Waals surface area contributed by atoms with Crippen LogP contribution in [0.15, 0.2) is 48.5 Å². The van der Waals surface area contributed by atoms with Gasteiger partial charge in [0.15, 0.2) is 0 Å². The summed E-state index contributed by atoms with van der Waals surface area (Å²) in [5, 5.41) is 14.4. The first-order valence-corrected chi connectivity index (χ1v) is 11.1. The number of methoxy groups -OCH3 is 1. The fourth-order valence-corrected chi connectivity index (χ4v) is 4.53. The van der Waals surface area contributed by atoms with Gasteiger partial charge in [0.1, 0.15) is 12.6 Å². The highest BCUT2D eigenvalue weighted by atomic mass is 16.5. The lowest BCUT2D eigenvalue weighted by atomic mass is 9.80. The van der Waals surface area contributed by atoms with Crippen molar-refractivity contribution in [3.05, 3.63) is 59.7 Å². The van der Waals surface area contributed by atoms with E-state index in [0.29, 0.717) is 12.8 Å². The van der Waals surface area contributed by atoms with Gasteiger partial charge in [-0.1, -0.05) is 48.5 Å². The third-order valence-corrected chi connectivity index (χ3v) is 6.57. The summed E-state index contributed by atoms with van der Waals surface area (Å²) in [7, 11) is 1.45. The largest absolute Gasteiger partial charge is 0.481 e. The molecule has 2 amide bonds. The van der Waals surface area contributed by atoms with Gasteiger partial charge in [0.2, 0.25) is 5.91 Å². The Morgan fingerprint density at radius 2 is 1.61 bits per heavy atom. The Balaban J connectivity index is 1.37. The summed E-state index contributed by atoms with van der Waals surface area (Å²) in [6.45, 7) is 1.81. The Kier molecular flexibility index (Phi) is 6.65. The topological polar surface area (TPSA) is 114 Å². The summed E-state index contributed by atoms with van der Waals surface area (Å²) in [6.07, 6.45) is -0.557. The van der Waals surface area contributed by atoms with Crippen molar-refractivity contribution in [3.8, 4) is 11.1 Å². The van der Waals surface area contributed by atoms with E-state index in [1.807, 2.05) is 36.4 Å². The molecule has 0 unspecified atom stereocenters. The third kappa shape index (κ3) is 4.71. The summed E-state index contributed by atoms with van der Waals surface area (Å²) in [4.78, 5) is 36.3. The van der Waals surface area contributed by atoms with E-state index in [0.717, 1.165) is 22.3 Å². The Morgan fingerprint density at radius 3 is 2.15 bits per heavy atom. The molecule has 2 aromatic carbocycles. The molecule has 0 bridgehead atoms. The quantitative estimate of drug-likeness (QED) is 0.568. The molecule has 3 N–H and O–H groups in total. The first kappa shape index (κ1) is 22.8. The Morgan fingerprint density at radius 1 is 1.03 bits per heavy atom. The molecule has 8 nitrogen and oxygen atoms in total. The number of aliphatic carboxylic acids is 1. The van der Waals surface area contributed by atoms with Crippen LogP contribution in [0, 0.1) is 5.92 Å². The standard InChI is InChI=1S/C25H28N2O6/c1-14(32-2)22(23(28)26-16-11-15(12-16)24(29)30)27-25(31)33-13-21-19-9-5-3-7-17(19)18-8-4-6-10-20(18)21/h3-10,14-16,21-22H,11-13H2,1-2H3,(H,26,28)(H,27,31)(H,29,30)/t14-,15?,16?,22+/m1/s1. The molecule has 174 valence electrons. The zero-order valence-electron chi connectivity index (χ0n) is 18.6. The lowest BCUT2D eigenvalue weighted by molar-refractivity contribution is -0.146. The first-order valence-electron chi connectivity index (χ1n) is 11.1. The van der Waals surface area contributed by atoms with Crippen LogP contribution >= 0.6 is 0 Å². The van der Waals surface area contributed by atoms with Crippen molar-refractivity contribution in [1.29, 1.82) is 0 Å². The van der Waals surface area contributed by atoms with Gasteiger partial charge in [-0.25, -0.2) is 4.79 Å². The molecule has 33 heavy (non-hydrogen) atoms. The van der Waals surface area contributed by atoms with Crippen LogP contribution in [-0.2, 0) is 19.1 Å². The second-order valence-corrected chi connectivity index (χ2v) is 8.60. The van der Waals surface area contributed by atoms with Crippen LogP contribution in [-0.4, -0.2) is 55.0 Å². The van der Waals surface area contributed by atoms with E-state index in [4.69, 9.17) is 14.6 Å². The molecular formula is C25H28N2O6. The van der Waals surface area contributed by atoms with Crippen LogP contribution in [0.1, 0.15) is 36.8 Å². The molecular weight excluding hydrogens is 424 g/mol. The number of benzene rings is 2. The molecule has 0 radical (unpaired) electrons. The van der Waals surface area contributed by atoms with Gasteiger partial charge in [-0.05, 0) is 42.0 Å². The smallest absolute Gasteiger partial charge is 0.407 e. The second-order valence-electron chi connectivity index (χ2n) is 8.60. The van der Waals surface area contributed by atoms with E-state index in [9.17, 15) is 14.4 Å². The molecule has 0 spiro atoms. The predicted octanol–water partition coefficient (Wildman–Crippen LogP) is 2.91. The number of alkyl carbamates (subject to hydrolysis) is 1. The van der Waals surface area contributed by atoms with Crippen LogP contribution in [0.25, 0.3) is 11.1 Å². The third-order valence-electron chi connectivity index (χ3n) is 6.57. The molecule has 0 saturated heterocycles. The average Bonchev–Trinajstić information content (AvgIpc) is 3.11. The summed E-state index contributed by atoms with van der Waals surface area (Å²) >= 11 is 0. The number of hydrogen-bond donors (Lipinski definition) is 3. The summed E-state index contributed by atoms with van der Waals surface area (Å²) in [5.74, 6) is -1.81. The normalized spacial score (nSPS) is 20.5. The number of ether oxygens (including phenoxy) is 2. The number of carbonyl (C=O) groups is 3. The summed E-state index contributed by atoms with van der Waals surface area (Å²) < 4.78 is 10.8. The van der Waals surface area contributed by atoms with Crippen molar-refractivity contribution in [2.75, 3.05) is 13.7 Å². The highest BCUT2D eigenvalue weighted by Gasteiger charge is 2.38. The van der Waals surface area contributed by atoms with Gasteiger partial charge in [-0.15, -0.1) is 0 Å². The summed E-state index contributed by atoms with van der Waals surface area (Å²) in [6, 6.07) is 14.9. The number of carbonyl (C=O) groups excluding carboxylic acids is 2. The minimum atomic E-state index is -0.963. The maximum Gasteiger partial charge on any atom is 0.407 e. The monoisotopic (exact) mass is 452 g/mol. The number of rotatable bonds is 8. The van der Waals surface area contributed by atoms with E-state index in [-0.39, 0.29) is 18.6 Å². The molecule has 0 aromatic heterocycles. The van der Waals surface area contributed by atoms with Gasteiger partial charge < -0.3 is 25.2 Å². The van der Waals surface area contributed by atoms with E-state index in [2.05, 4.69) is 22.8 Å². The number of amides is 2. The lowest BCUT2D eigenvalue weighted by Crippen LogP contribution is -2.57. The molecule has 4 rings (SSSR count). The average molecular weight is 453 g/mol. The Bertz CT molecular complexity index is 1000. The highest BCUT2D eigenvalue weighted by Crippen LogP contribution is 2.44. The van der Waals surface area contributed by atoms with Crippen LogP contribution < -0.4 is 10.6 Å². The lowest BCUT2D eigenvalue weighted by Gasteiger charge is -2.34. The molecule has 2 atom stereocenters. The van der Waals surface area contributed by atoms with Crippen molar-refractivity contribution in [1.82, 2.24) is 10.6 Å². The van der Waals surface area contributed by atoms with Crippen molar-refractivity contribution in [2.24, 2.45) is 5.92 Å². The molecule has 8 heteroatoms. The molecule has 0 aliphatic heterocycles. The minimum Gasteiger partial charge on any atom is -0.481 e. The molecule has 2 aliphatic rings. The Hall–Kier alpha value is -3.39. The maximum atomic E-state index is 12.7. The minimum absolute atomic E-state index is 0.0850. The number of fused-ring (bicyclic) bond motifs is 3. The number of carboxylic acid groups (broad SMARTS) is 1. The number of carboxylic acids is 1. The Labute approximate surface area is 192 Å². The van der Waals surface area contributed by atoms with Gasteiger partial charge in [0.05, 0.1) is 12.0 Å². The summed E-state index contributed by atoms with van der Waals surface area (Å²) in [5.41, 5.74) is 4.47. The van der Waals surface area contributed by atoms with Crippen LogP contribution in [0.4, 0.5) is 4.79 Å². The van der Waals surface area contributed by atoms with Crippen molar-refractivity contribution >= 4 is 18.0 Å². The van der Waals surface area contributed by atoms with E-state index >= 15 is 0 Å². The van der Waals surface area contributed by atoms with Gasteiger partial charge in [-0.2, -0.15) is 0 Å². The van der Waals surface area contributed by atoms with Crippen LogP contribution in [0.3, 0.4) is 0 Å². The fourth-order valence-electron chi connectivity index (χ4n) is 4.53. The van der Waals surface area contributed by atoms with E-state index in [1.54, 1.807) is 6.92 Å². The van der Waals surface area contributed by atoms with E-state index in [1.165, 1.54) is 7.11 Å². The maximum absolute atomic E-state index is 12.7. The SMILES string of the molecule is CO[C@H](C)[C@H](NC(=O)OCC1c2ccccc2-c2ccccc21)C(=O)NC1CC(C(=O)O)C1. The zero-order valence-corrected chi connectivity index (χ0v) is 18.6. The van der Waals surface area contributed by atoms with Crippen LogP contribution in [0.5, 0.6) is 0 Å². The molecule has 0 heterocycles. The van der Waals surface area contributed by atoms with Gasteiger partial charge in [0.25, 0.3) is 0 Å². The number of hydrogen-bond acceptors (Lipinski definition) is 5. The molecule has 1 saturated carbocycles. The van der Waals surface area contributed by atoms with Crippen LogP contribution in [0.2, 0.25) is 0 Å². The zero-order chi connectivity index (χ0) is 23.5. The van der Waals surface area contributed by atoms with Crippen molar-refractivity contribution in [2.45, 2.75) is 43.9 Å². The first-order chi connectivity index (χ1) is 15.9. The van der Waals surface area contributed by atoms with E-state index < -0.39 is 36.0 Å². The predicted molar refractivity (Wildman–Crippen MR) is 121 cm³/mol. The molecule has 2 aliphatic carbocycles. The molecule has 1 fully saturated rings. The highest BCUT2D eigenvalue weighted by molar-refractivity contribution is 5.87. The number of nitrogens with one attached hydrogen (secondary N) is 2. The van der Waals surface area contributed by atoms with Gasteiger partial charge in [0, 0.05) is 19.1 Å². The van der Waals surface area contributed by atoms with Gasteiger partial charge >= 0.3 is 12.1 Å². The van der Waals surface area contributed by atoms with Crippen molar-refractivity contribution < 1.29 is 29.0 Å². The second kappa shape index (κ2) is 9.62. The fraction of sp³-hybridized carbons (Fsp3) is 0.400. The molecule has 2 aromatic rings. The van der Waals surface area contributed by atoms with Gasteiger partial charge in [-0.3, -0.25) is 9.59 Å².